The van der Waals surface area contributed by atoms with Crippen molar-refractivity contribution in [3.8, 4) is 0 Å². The number of nitrogens with zero attached hydrogens (tertiary/aromatic N) is 2. The van der Waals surface area contributed by atoms with E-state index in [-0.39, 0.29) is 11.7 Å². The lowest BCUT2D eigenvalue weighted by atomic mass is 10.1. The fourth-order valence-electron chi connectivity index (χ4n) is 1.67. The summed E-state index contributed by atoms with van der Waals surface area (Å²) in [6.45, 7) is 3.83. The Bertz CT molecular complexity index is 685. The number of benzene rings is 1. The van der Waals surface area contributed by atoms with Crippen LogP contribution in [0.25, 0.3) is 0 Å². The number of amides is 1. The molecule has 2 N–H and O–H groups in total. The molecule has 0 radical (unpaired) electrons. The van der Waals surface area contributed by atoms with Crippen molar-refractivity contribution in [2.75, 3.05) is 11.1 Å². The number of carbonyl (C=O) groups excluding carboxylic acids is 1. The molecular weight excluding hydrogens is 310 g/mol. The highest BCUT2D eigenvalue weighted by molar-refractivity contribution is 8.01. The average Bonchev–Trinajstić information content (AvgIpc) is 2.83. The Kier molecular flexibility index (Phi) is 4.92. The summed E-state index contributed by atoms with van der Waals surface area (Å²) >= 11 is 2.22. The Morgan fingerprint density at radius 3 is 2.76 bits per heavy atom. The predicted molar refractivity (Wildman–Crippen MR) is 82.1 cm³/mol. The second-order valence-electron chi connectivity index (χ2n) is 4.33. The van der Waals surface area contributed by atoms with Crippen LogP contribution in [0.15, 0.2) is 22.5 Å². The normalized spacial score (nSPS) is 10.4. The molecule has 8 heteroatoms. The highest BCUT2D eigenvalue weighted by Crippen LogP contribution is 2.25. The molecule has 21 heavy (non-hydrogen) atoms. The molecule has 0 fully saturated rings. The van der Waals surface area contributed by atoms with Crippen molar-refractivity contribution in [3.05, 3.63) is 34.9 Å². The number of aliphatic carboxylic acids is 1. The summed E-state index contributed by atoms with van der Waals surface area (Å²) in [5.74, 6) is -1.26. The van der Waals surface area contributed by atoms with E-state index >= 15 is 0 Å². The van der Waals surface area contributed by atoms with Crippen LogP contribution in [0, 0.1) is 13.8 Å². The Morgan fingerprint density at radius 1 is 1.33 bits per heavy atom. The van der Waals surface area contributed by atoms with Crippen molar-refractivity contribution in [2.45, 2.75) is 18.2 Å². The minimum Gasteiger partial charge on any atom is -0.481 e. The topological polar surface area (TPSA) is 92.2 Å². The molecule has 0 aliphatic carbocycles. The van der Waals surface area contributed by atoms with Gasteiger partial charge in [-0.3, -0.25) is 14.9 Å². The number of carboxylic acids is 1. The van der Waals surface area contributed by atoms with Crippen LogP contribution in [0.3, 0.4) is 0 Å². The Hall–Kier alpha value is -1.93. The molecule has 0 saturated carbocycles. The van der Waals surface area contributed by atoms with E-state index in [1.165, 1.54) is 0 Å². The van der Waals surface area contributed by atoms with Crippen LogP contribution in [-0.4, -0.2) is 32.9 Å². The van der Waals surface area contributed by atoms with E-state index < -0.39 is 5.97 Å². The molecule has 2 aromatic rings. The Balaban J connectivity index is 2.04. The van der Waals surface area contributed by atoms with E-state index in [2.05, 4.69) is 15.5 Å². The molecule has 1 aromatic heterocycles. The van der Waals surface area contributed by atoms with Crippen LogP contribution in [0.4, 0.5) is 5.13 Å². The molecule has 0 aliphatic heterocycles. The van der Waals surface area contributed by atoms with Crippen molar-refractivity contribution in [3.63, 3.8) is 0 Å². The Labute approximate surface area is 129 Å². The van der Waals surface area contributed by atoms with Gasteiger partial charge < -0.3 is 5.11 Å². The number of aryl methyl sites for hydroxylation is 2. The van der Waals surface area contributed by atoms with E-state index in [1.807, 2.05) is 26.0 Å². The van der Waals surface area contributed by atoms with Crippen molar-refractivity contribution >= 4 is 40.1 Å². The number of thioether (sulfide) groups is 1. The standard InChI is InChI=1S/C13H13N3O3S2/c1-7-3-4-9(8(2)5-7)11(19)14-12-15-16-13(21-12)20-6-10(17)18/h3-5H,6H2,1-2H3,(H,17,18)(H,14,15,19). The lowest BCUT2D eigenvalue weighted by molar-refractivity contribution is -0.133. The first-order valence-corrected chi connectivity index (χ1v) is 7.82. The van der Waals surface area contributed by atoms with Crippen molar-refractivity contribution in [1.82, 2.24) is 10.2 Å². The summed E-state index contributed by atoms with van der Waals surface area (Å²) < 4.78 is 0.508. The molecule has 0 saturated heterocycles. The fourth-order valence-corrected chi connectivity index (χ4v) is 3.14. The minimum absolute atomic E-state index is 0.0837. The lowest BCUT2D eigenvalue weighted by Gasteiger charge is -2.05. The second-order valence-corrected chi connectivity index (χ2v) is 6.53. The maximum Gasteiger partial charge on any atom is 0.313 e. The first kappa shape index (κ1) is 15.5. The quantitative estimate of drug-likeness (QED) is 0.649. The molecule has 2 rings (SSSR count). The molecule has 0 bridgehead atoms. The Morgan fingerprint density at radius 2 is 2.10 bits per heavy atom. The van der Waals surface area contributed by atoms with Gasteiger partial charge in [-0.25, -0.2) is 0 Å². The molecule has 0 atom stereocenters. The summed E-state index contributed by atoms with van der Waals surface area (Å²) in [4.78, 5) is 22.6. The maximum atomic E-state index is 12.1. The van der Waals surface area contributed by atoms with Crippen molar-refractivity contribution in [2.24, 2.45) is 0 Å². The average molecular weight is 323 g/mol. The second kappa shape index (κ2) is 6.68. The predicted octanol–water partition coefficient (Wildman–Crippen LogP) is 2.58. The highest BCUT2D eigenvalue weighted by Gasteiger charge is 2.13. The molecule has 1 heterocycles. The van der Waals surface area contributed by atoms with Crippen molar-refractivity contribution < 1.29 is 14.7 Å². The first-order valence-electron chi connectivity index (χ1n) is 6.02. The SMILES string of the molecule is Cc1ccc(C(=O)Nc2nnc(SCC(=O)O)s2)c(C)c1. The van der Waals surface area contributed by atoms with Gasteiger partial charge in [0.15, 0.2) is 4.34 Å². The van der Waals surface area contributed by atoms with E-state index in [0.29, 0.717) is 15.0 Å². The largest absolute Gasteiger partial charge is 0.481 e. The lowest BCUT2D eigenvalue weighted by Crippen LogP contribution is -2.13. The van der Waals surface area contributed by atoms with Crippen LogP contribution in [0.1, 0.15) is 21.5 Å². The number of hydrogen-bond donors (Lipinski definition) is 2. The van der Waals surface area contributed by atoms with E-state index in [0.717, 1.165) is 34.2 Å². The van der Waals surface area contributed by atoms with E-state index in [1.54, 1.807) is 6.07 Å². The van der Waals surface area contributed by atoms with E-state index in [9.17, 15) is 9.59 Å². The van der Waals surface area contributed by atoms with E-state index in [4.69, 9.17) is 5.11 Å². The van der Waals surface area contributed by atoms with Crippen LogP contribution in [-0.2, 0) is 4.79 Å². The van der Waals surface area contributed by atoms with Gasteiger partial charge in [0.05, 0.1) is 5.75 Å². The molecule has 1 amide bonds. The number of nitrogens with one attached hydrogen (secondary N) is 1. The zero-order chi connectivity index (χ0) is 15.4. The van der Waals surface area contributed by atoms with Gasteiger partial charge in [-0.15, -0.1) is 10.2 Å². The number of hydrogen-bond acceptors (Lipinski definition) is 6. The van der Waals surface area contributed by atoms with Gasteiger partial charge in [-0.05, 0) is 25.5 Å². The molecule has 6 nitrogen and oxygen atoms in total. The summed E-state index contributed by atoms with van der Waals surface area (Å²) in [7, 11) is 0. The maximum absolute atomic E-state index is 12.1. The minimum atomic E-state index is -0.920. The monoisotopic (exact) mass is 323 g/mol. The third-order valence-electron chi connectivity index (χ3n) is 2.57. The van der Waals surface area contributed by atoms with Crippen LogP contribution in [0.5, 0.6) is 0 Å². The first-order chi connectivity index (χ1) is 9.95. The number of aromatic nitrogens is 2. The molecule has 1 aromatic carbocycles. The van der Waals surface area contributed by atoms with Gasteiger partial charge >= 0.3 is 5.97 Å². The van der Waals surface area contributed by atoms with Gasteiger partial charge in [-0.2, -0.15) is 0 Å². The summed E-state index contributed by atoms with van der Waals surface area (Å²) in [5, 5.41) is 19.3. The third kappa shape index (κ3) is 4.27. The van der Waals surface area contributed by atoms with Gasteiger partial charge in [0.25, 0.3) is 5.91 Å². The number of anilines is 1. The van der Waals surface area contributed by atoms with Gasteiger partial charge in [-0.1, -0.05) is 40.8 Å². The molecule has 0 spiro atoms. The molecule has 0 aliphatic rings. The third-order valence-corrected chi connectivity index (χ3v) is 4.53. The van der Waals surface area contributed by atoms with Crippen LogP contribution in [0.2, 0.25) is 0 Å². The summed E-state index contributed by atoms with van der Waals surface area (Å²) in [6.07, 6.45) is 0. The van der Waals surface area contributed by atoms with Crippen LogP contribution < -0.4 is 5.32 Å². The van der Waals surface area contributed by atoms with Crippen molar-refractivity contribution in [1.29, 1.82) is 0 Å². The zero-order valence-electron chi connectivity index (χ0n) is 11.4. The van der Waals surface area contributed by atoms with Gasteiger partial charge in [0, 0.05) is 5.56 Å². The number of carboxylic acid groups (broad SMARTS) is 1. The molecular formula is C13H13N3O3S2. The number of carbonyl (C=O) groups is 2. The summed E-state index contributed by atoms with van der Waals surface area (Å²) in [5.41, 5.74) is 2.56. The smallest absolute Gasteiger partial charge is 0.313 e. The van der Waals surface area contributed by atoms with Gasteiger partial charge in [0.2, 0.25) is 5.13 Å². The summed E-state index contributed by atoms with van der Waals surface area (Å²) in [6, 6.07) is 5.57. The highest BCUT2D eigenvalue weighted by atomic mass is 32.2. The van der Waals surface area contributed by atoms with Gasteiger partial charge in [0.1, 0.15) is 0 Å². The zero-order valence-corrected chi connectivity index (χ0v) is 13.0. The van der Waals surface area contributed by atoms with Crippen LogP contribution >= 0.6 is 23.1 Å². The number of rotatable bonds is 5. The molecule has 110 valence electrons. The molecule has 0 unspecified atom stereocenters. The fraction of sp³-hybridized carbons (Fsp3) is 0.231.